The van der Waals surface area contributed by atoms with Gasteiger partial charge in [-0.2, -0.15) is 0 Å². The average Bonchev–Trinajstić information content (AvgIpc) is 3.13. The van der Waals surface area contributed by atoms with E-state index >= 15 is 0 Å². The van der Waals surface area contributed by atoms with E-state index in [1.54, 1.807) is 0 Å². The zero-order valence-corrected chi connectivity index (χ0v) is 22.2. The van der Waals surface area contributed by atoms with E-state index in [0.29, 0.717) is 0 Å². The molecule has 1 unspecified atom stereocenters. The van der Waals surface area contributed by atoms with Gasteiger partial charge >= 0.3 is 0 Å². The number of nitrogens with zero attached hydrogens (tertiary/aromatic N) is 1. The number of ether oxygens (including phenoxy) is 2. The predicted molar refractivity (Wildman–Crippen MR) is 122 cm³/mol. The van der Waals surface area contributed by atoms with Crippen LogP contribution in [-0.2, 0) is 9.47 Å². The largest absolute Gasteiger partial charge is 1.00 e. The first kappa shape index (κ1) is 29.6. The molecule has 0 aromatic carbocycles. The molecule has 0 aromatic heterocycles. The highest BCUT2D eigenvalue weighted by Crippen LogP contribution is 2.18. The van der Waals surface area contributed by atoms with Crippen molar-refractivity contribution >= 4 is 0 Å². The molecule has 0 radical (unpaired) electrons. The Morgan fingerprint density at radius 3 is 1.62 bits per heavy atom. The predicted octanol–water partition coefficient (Wildman–Crippen LogP) is 3.74. The van der Waals surface area contributed by atoms with Gasteiger partial charge in [-0.25, -0.2) is 0 Å². The number of rotatable bonds is 20. The van der Waals surface area contributed by atoms with E-state index in [2.05, 4.69) is 14.0 Å². The van der Waals surface area contributed by atoms with E-state index < -0.39 is 0 Å². The molecule has 1 rings (SSSR count). The van der Waals surface area contributed by atoms with E-state index in [0.717, 1.165) is 19.8 Å². The van der Waals surface area contributed by atoms with Crippen LogP contribution in [0.1, 0.15) is 110 Å². The van der Waals surface area contributed by atoms with Crippen molar-refractivity contribution in [2.75, 3.05) is 47.0 Å². The molecule has 1 aliphatic rings. The van der Waals surface area contributed by atoms with Crippen molar-refractivity contribution in [1.82, 2.24) is 0 Å². The number of methoxy groups -OCH3 is 1. The summed E-state index contributed by atoms with van der Waals surface area (Å²) >= 11 is 0. The molecule has 0 spiro atoms. The summed E-state index contributed by atoms with van der Waals surface area (Å²) in [4.78, 5) is 0. The van der Waals surface area contributed by atoms with Gasteiger partial charge in [0.2, 0.25) is 0 Å². The fraction of sp³-hybridized carbons (Fsp3) is 1.00. The van der Waals surface area contributed by atoms with Gasteiger partial charge in [-0.05, 0) is 6.42 Å². The van der Waals surface area contributed by atoms with E-state index in [4.69, 9.17) is 9.47 Å². The average molecular weight is 526 g/mol. The highest BCUT2D eigenvalue weighted by molar-refractivity contribution is 4.60. The lowest BCUT2D eigenvalue weighted by molar-refractivity contribution is -0.900. The molecular weight excluding hydrogens is 473 g/mol. The van der Waals surface area contributed by atoms with Crippen LogP contribution in [0, 0.1) is 0 Å². The molecule has 0 N–H and O–H groups in total. The van der Waals surface area contributed by atoms with Crippen molar-refractivity contribution < 1.29 is 37.9 Å². The number of unbranched alkanes of at least 4 members (excludes halogenated alkanes) is 13. The van der Waals surface area contributed by atoms with Crippen molar-refractivity contribution in [1.29, 1.82) is 0 Å². The lowest BCUT2D eigenvalue weighted by Crippen LogP contribution is -3.00. The summed E-state index contributed by atoms with van der Waals surface area (Å²) in [6, 6.07) is 0. The molecule has 4 heteroatoms. The number of quaternary nitrogens is 1. The maximum atomic E-state index is 5.91. The molecule has 0 aromatic rings. The Bertz CT molecular complexity index is 335. The second kappa shape index (κ2) is 20.5. The third-order valence-corrected chi connectivity index (χ3v) is 6.57. The fourth-order valence-corrected chi connectivity index (χ4v) is 4.58. The minimum Gasteiger partial charge on any atom is -1.00 e. The van der Waals surface area contributed by atoms with Crippen LogP contribution in [0.3, 0.4) is 0 Å². The van der Waals surface area contributed by atoms with Gasteiger partial charge in [0.25, 0.3) is 0 Å². The molecule has 0 aliphatic carbocycles. The Balaban J connectivity index is 0.00000784. The monoisotopic (exact) mass is 525 g/mol. The van der Waals surface area contributed by atoms with Crippen LogP contribution < -0.4 is 24.0 Å². The summed E-state index contributed by atoms with van der Waals surface area (Å²) in [6.45, 7) is 7.68. The molecule has 1 aliphatic heterocycles. The molecule has 1 fully saturated rings. The maximum Gasteiger partial charge on any atom is 0.129 e. The lowest BCUT2D eigenvalue weighted by atomic mass is 10.0. The maximum absolute atomic E-state index is 5.91. The van der Waals surface area contributed by atoms with Crippen LogP contribution in [0.4, 0.5) is 0 Å². The van der Waals surface area contributed by atoms with Gasteiger partial charge in [-0.1, -0.05) is 90.4 Å². The summed E-state index contributed by atoms with van der Waals surface area (Å²) < 4.78 is 12.7. The molecule has 1 atom stereocenters. The van der Waals surface area contributed by atoms with Gasteiger partial charge in [0.1, 0.15) is 12.6 Å². The Morgan fingerprint density at radius 1 is 0.724 bits per heavy atom. The third kappa shape index (κ3) is 16.9. The smallest absolute Gasteiger partial charge is 0.129 e. The standard InChI is InChI=1S/C25H52NO2.HI/c1-4-5-6-7-8-9-10-11-12-13-14-15-16-19-22-28-24-25(27-3)23-26(2)20-17-18-21-26;/h25H,4-24H2,1-3H3;1H/q+1;/p-1. The van der Waals surface area contributed by atoms with E-state index in [9.17, 15) is 0 Å². The lowest BCUT2D eigenvalue weighted by Gasteiger charge is -2.32. The Hall–Kier alpha value is 0.610. The van der Waals surface area contributed by atoms with Crippen LogP contribution in [0.25, 0.3) is 0 Å². The number of likely N-dealkylation sites (N-methyl/N-ethyl adjacent to an activating group) is 1. The molecule has 1 heterocycles. The molecule has 0 amide bonds. The minimum atomic E-state index is 0. The second-order valence-corrected chi connectivity index (χ2v) is 9.49. The second-order valence-electron chi connectivity index (χ2n) is 9.49. The van der Waals surface area contributed by atoms with Crippen molar-refractivity contribution in [3.63, 3.8) is 0 Å². The summed E-state index contributed by atoms with van der Waals surface area (Å²) in [5.74, 6) is 0. The van der Waals surface area contributed by atoms with Crippen LogP contribution in [0.5, 0.6) is 0 Å². The first-order chi connectivity index (χ1) is 13.7. The van der Waals surface area contributed by atoms with Crippen LogP contribution >= 0.6 is 0 Å². The van der Waals surface area contributed by atoms with Gasteiger partial charge in [0.15, 0.2) is 0 Å². The summed E-state index contributed by atoms with van der Waals surface area (Å²) in [5, 5.41) is 0. The Kier molecular flexibility index (Phi) is 20.9. The quantitative estimate of drug-likeness (QED) is 0.137. The van der Waals surface area contributed by atoms with Gasteiger partial charge in [0.05, 0.1) is 26.7 Å². The van der Waals surface area contributed by atoms with E-state index in [-0.39, 0.29) is 30.1 Å². The third-order valence-electron chi connectivity index (χ3n) is 6.57. The van der Waals surface area contributed by atoms with Crippen molar-refractivity contribution in [2.45, 2.75) is 116 Å². The zero-order valence-electron chi connectivity index (χ0n) is 20.1. The van der Waals surface area contributed by atoms with Crippen molar-refractivity contribution in [3.05, 3.63) is 0 Å². The highest BCUT2D eigenvalue weighted by Gasteiger charge is 2.30. The fourth-order valence-electron chi connectivity index (χ4n) is 4.58. The summed E-state index contributed by atoms with van der Waals surface area (Å²) in [7, 11) is 4.20. The molecule has 29 heavy (non-hydrogen) atoms. The normalized spacial score (nSPS) is 16.7. The number of hydrogen-bond donors (Lipinski definition) is 0. The number of likely N-dealkylation sites (tertiary alicyclic amines) is 1. The highest BCUT2D eigenvalue weighted by atomic mass is 127. The van der Waals surface area contributed by atoms with Crippen LogP contribution in [0.15, 0.2) is 0 Å². The first-order valence-electron chi connectivity index (χ1n) is 12.6. The van der Waals surface area contributed by atoms with Crippen molar-refractivity contribution in [3.8, 4) is 0 Å². The minimum absolute atomic E-state index is 0. The molecular formula is C25H52INO2. The SMILES string of the molecule is CCCCCCCCCCCCCCCCOCC(C[N+]1(C)CCCC1)OC.[I-]. The molecule has 3 nitrogen and oxygen atoms in total. The summed E-state index contributed by atoms with van der Waals surface area (Å²) in [6.07, 6.45) is 22.7. The van der Waals surface area contributed by atoms with Crippen molar-refractivity contribution in [2.24, 2.45) is 0 Å². The first-order valence-corrected chi connectivity index (χ1v) is 12.6. The topological polar surface area (TPSA) is 18.5 Å². The molecule has 0 saturated carbocycles. The van der Waals surface area contributed by atoms with Gasteiger partial charge in [0, 0.05) is 26.6 Å². The van der Waals surface area contributed by atoms with Crippen LogP contribution in [0.2, 0.25) is 0 Å². The van der Waals surface area contributed by atoms with Gasteiger partial charge in [-0.3, -0.25) is 0 Å². The number of hydrogen-bond acceptors (Lipinski definition) is 2. The van der Waals surface area contributed by atoms with E-state index in [1.165, 1.54) is 120 Å². The Labute approximate surface area is 200 Å². The van der Waals surface area contributed by atoms with E-state index in [1.807, 2.05) is 7.11 Å². The molecule has 0 bridgehead atoms. The van der Waals surface area contributed by atoms with Crippen LogP contribution in [-0.4, -0.2) is 57.6 Å². The summed E-state index contributed by atoms with van der Waals surface area (Å²) in [5.41, 5.74) is 0. The number of halogens is 1. The van der Waals surface area contributed by atoms with Gasteiger partial charge in [-0.15, -0.1) is 0 Å². The van der Waals surface area contributed by atoms with Gasteiger partial charge < -0.3 is 37.9 Å². The molecule has 1 saturated heterocycles. The molecule has 176 valence electrons. The zero-order chi connectivity index (χ0) is 20.3. The Morgan fingerprint density at radius 2 is 1.17 bits per heavy atom.